The molecule has 5 rings (SSSR count). The molecule has 2 fully saturated rings. The molecular weight excluding hydrogens is 462 g/mol. The van der Waals surface area contributed by atoms with Gasteiger partial charge in [0.05, 0.1) is 24.2 Å². The lowest BCUT2D eigenvalue weighted by Gasteiger charge is -2.34. The Kier molecular flexibility index (Phi) is 10.4. The van der Waals surface area contributed by atoms with Gasteiger partial charge >= 0.3 is 0 Å². The van der Waals surface area contributed by atoms with Crippen LogP contribution in [0.25, 0.3) is 17.0 Å². The highest BCUT2D eigenvalue weighted by molar-refractivity contribution is 5.78. The fourth-order valence-electron chi connectivity index (χ4n) is 4.60. The smallest absolute Gasteiger partial charge is 0.296 e. The van der Waals surface area contributed by atoms with Crippen molar-refractivity contribution < 1.29 is 13.5 Å². The Hall–Kier alpha value is -2.81. The number of ether oxygens (including phenoxy) is 1. The molecule has 0 atom stereocenters. The Balaban J connectivity index is 0.000000861. The van der Waals surface area contributed by atoms with Crippen molar-refractivity contribution in [3.8, 4) is 5.95 Å². The zero-order valence-electron chi connectivity index (χ0n) is 22.3. The second-order valence-corrected chi connectivity index (χ2v) is 8.42. The number of fused-ring (bicyclic) bond motifs is 1. The van der Waals surface area contributed by atoms with Crippen molar-refractivity contribution in [3.05, 3.63) is 36.2 Å². The maximum atomic E-state index is 14.0. The summed E-state index contributed by atoms with van der Waals surface area (Å²) in [5.74, 6) is 2.16. The Morgan fingerprint density at radius 1 is 0.889 bits per heavy atom. The van der Waals surface area contributed by atoms with Crippen molar-refractivity contribution in [1.82, 2.24) is 19.5 Å². The number of hydrogen-bond donors (Lipinski definition) is 0. The van der Waals surface area contributed by atoms with E-state index in [0.717, 1.165) is 43.5 Å². The van der Waals surface area contributed by atoms with Gasteiger partial charge in [0, 0.05) is 32.2 Å². The molecule has 2 saturated heterocycles. The molecule has 36 heavy (non-hydrogen) atoms. The van der Waals surface area contributed by atoms with Gasteiger partial charge in [-0.1, -0.05) is 53.2 Å². The predicted molar refractivity (Wildman–Crippen MR) is 143 cm³/mol. The van der Waals surface area contributed by atoms with Crippen molar-refractivity contribution in [2.45, 2.75) is 60.3 Å². The van der Waals surface area contributed by atoms with Crippen molar-refractivity contribution in [2.75, 3.05) is 49.2 Å². The van der Waals surface area contributed by atoms with Gasteiger partial charge < -0.3 is 14.5 Å². The number of halogens is 2. The molecule has 4 heterocycles. The molecule has 2 aromatic heterocycles. The number of para-hydroxylation sites is 2. The molecule has 7 nitrogen and oxygen atoms in total. The van der Waals surface area contributed by atoms with E-state index < -0.39 is 6.43 Å². The van der Waals surface area contributed by atoms with Crippen LogP contribution < -0.4 is 9.80 Å². The van der Waals surface area contributed by atoms with E-state index in [4.69, 9.17) is 14.7 Å². The average molecular weight is 503 g/mol. The molecule has 2 aliphatic heterocycles. The minimum absolute atomic E-state index is 0.241. The summed E-state index contributed by atoms with van der Waals surface area (Å²) in [6.45, 7) is 14.7. The van der Waals surface area contributed by atoms with Gasteiger partial charge in [0.2, 0.25) is 5.95 Å². The first-order chi connectivity index (χ1) is 17.6. The summed E-state index contributed by atoms with van der Waals surface area (Å²) in [6, 6.07) is 9.12. The number of morpholine rings is 1. The SMILES string of the molecule is CC.CC.CCC1CCN(c2cc(N3CCOCC3)nc(-n3c(C(F)F)nc4ccccc43)n2)CC1. The number of aromatic nitrogens is 4. The molecule has 1 aromatic carbocycles. The molecular formula is C27H40F2N6O. The number of rotatable bonds is 5. The van der Waals surface area contributed by atoms with Crippen LogP contribution in [-0.2, 0) is 4.74 Å². The minimum Gasteiger partial charge on any atom is -0.378 e. The molecule has 0 spiro atoms. The molecule has 0 unspecified atom stereocenters. The molecule has 0 N–H and O–H groups in total. The van der Waals surface area contributed by atoms with Gasteiger partial charge in [-0.15, -0.1) is 0 Å². The lowest BCUT2D eigenvalue weighted by atomic mass is 9.94. The maximum Gasteiger partial charge on any atom is 0.296 e. The van der Waals surface area contributed by atoms with Crippen LogP contribution in [0.1, 0.15) is 66.1 Å². The highest BCUT2D eigenvalue weighted by atomic mass is 19.3. The standard InChI is InChI=1S/C23H28F2N6O.2C2H6/c1-2-16-7-9-29(10-8-16)19-15-20(30-11-13-32-14-12-30)28-23(27-19)31-18-6-4-3-5-17(18)26-22(31)21(24)25;2*1-2/h3-6,15-16,21H,2,7-14H2,1H3;2*1-2H3. The predicted octanol–water partition coefficient (Wildman–Crippen LogP) is 6.27. The van der Waals surface area contributed by atoms with Gasteiger partial charge in [-0.25, -0.2) is 13.8 Å². The van der Waals surface area contributed by atoms with Crippen LogP contribution >= 0.6 is 0 Å². The zero-order valence-corrected chi connectivity index (χ0v) is 22.3. The number of alkyl halides is 2. The van der Waals surface area contributed by atoms with Crippen LogP contribution in [0.3, 0.4) is 0 Å². The van der Waals surface area contributed by atoms with E-state index in [0.29, 0.717) is 37.3 Å². The average Bonchev–Trinajstić information content (AvgIpc) is 3.36. The molecule has 0 aliphatic carbocycles. The molecule has 9 heteroatoms. The zero-order chi connectivity index (χ0) is 26.1. The quantitative estimate of drug-likeness (QED) is 0.410. The monoisotopic (exact) mass is 502 g/mol. The summed E-state index contributed by atoms with van der Waals surface area (Å²) in [6.07, 6.45) is 0.667. The number of hydrogen-bond acceptors (Lipinski definition) is 6. The third-order valence-electron chi connectivity index (χ3n) is 6.52. The van der Waals surface area contributed by atoms with Crippen molar-refractivity contribution in [3.63, 3.8) is 0 Å². The second-order valence-electron chi connectivity index (χ2n) is 8.42. The first-order valence-corrected chi connectivity index (χ1v) is 13.4. The fourth-order valence-corrected chi connectivity index (χ4v) is 4.60. The highest BCUT2D eigenvalue weighted by Crippen LogP contribution is 2.31. The van der Waals surface area contributed by atoms with E-state index in [1.165, 1.54) is 11.0 Å². The van der Waals surface area contributed by atoms with Gasteiger partial charge in [-0.05, 0) is 30.9 Å². The first-order valence-electron chi connectivity index (χ1n) is 13.4. The maximum absolute atomic E-state index is 14.0. The van der Waals surface area contributed by atoms with E-state index in [1.807, 2.05) is 39.8 Å². The van der Waals surface area contributed by atoms with E-state index >= 15 is 0 Å². The lowest BCUT2D eigenvalue weighted by molar-refractivity contribution is 0.122. The minimum atomic E-state index is -2.73. The summed E-state index contributed by atoms with van der Waals surface area (Å²) in [7, 11) is 0. The normalized spacial score (nSPS) is 16.4. The van der Waals surface area contributed by atoms with Gasteiger partial charge in [0.15, 0.2) is 5.82 Å². The number of imidazole rings is 1. The van der Waals surface area contributed by atoms with E-state index in [9.17, 15) is 8.78 Å². The molecule has 0 amide bonds. The van der Waals surface area contributed by atoms with Crippen LogP contribution in [0, 0.1) is 5.92 Å². The summed E-state index contributed by atoms with van der Waals surface area (Å²) < 4.78 is 34.8. The van der Waals surface area contributed by atoms with Crippen LogP contribution in [0.5, 0.6) is 0 Å². The number of piperidine rings is 1. The van der Waals surface area contributed by atoms with Crippen molar-refractivity contribution in [2.24, 2.45) is 5.92 Å². The largest absolute Gasteiger partial charge is 0.378 e. The molecule has 3 aromatic rings. The fraction of sp³-hybridized carbons (Fsp3) is 0.593. The van der Waals surface area contributed by atoms with E-state index in [1.54, 1.807) is 18.2 Å². The first kappa shape index (κ1) is 27.8. The molecule has 2 aliphatic rings. The number of anilines is 2. The molecule has 0 bridgehead atoms. The Morgan fingerprint density at radius 2 is 1.47 bits per heavy atom. The Labute approximate surface area is 213 Å². The van der Waals surface area contributed by atoms with Gasteiger partial charge in [0.25, 0.3) is 6.43 Å². The van der Waals surface area contributed by atoms with Crippen LogP contribution in [0.2, 0.25) is 0 Å². The second kappa shape index (κ2) is 13.5. The Bertz CT molecular complexity index is 1080. The summed E-state index contributed by atoms with van der Waals surface area (Å²) in [4.78, 5) is 18.1. The van der Waals surface area contributed by atoms with Gasteiger partial charge in [-0.2, -0.15) is 9.97 Å². The van der Waals surface area contributed by atoms with Crippen molar-refractivity contribution in [1.29, 1.82) is 0 Å². The van der Waals surface area contributed by atoms with Crippen LogP contribution in [0.4, 0.5) is 20.4 Å². The van der Waals surface area contributed by atoms with Crippen LogP contribution in [0.15, 0.2) is 30.3 Å². The topological polar surface area (TPSA) is 59.3 Å². The van der Waals surface area contributed by atoms with Gasteiger partial charge in [-0.3, -0.25) is 4.57 Å². The highest BCUT2D eigenvalue weighted by Gasteiger charge is 2.26. The number of nitrogens with zero attached hydrogens (tertiary/aromatic N) is 6. The van der Waals surface area contributed by atoms with E-state index in [-0.39, 0.29) is 11.8 Å². The third-order valence-corrected chi connectivity index (χ3v) is 6.52. The summed E-state index contributed by atoms with van der Waals surface area (Å²) in [5, 5.41) is 0. The molecule has 0 radical (unpaired) electrons. The van der Waals surface area contributed by atoms with Crippen molar-refractivity contribution >= 4 is 22.7 Å². The van der Waals surface area contributed by atoms with Gasteiger partial charge in [0.1, 0.15) is 11.6 Å². The lowest BCUT2D eigenvalue weighted by Crippen LogP contribution is -2.38. The third kappa shape index (κ3) is 6.11. The van der Waals surface area contributed by atoms with E-state index in [2.05, 4.69) is 21.7 Å². The van der Waals surface area contributed by atoms with Crippen LogP contribution in [-0.4, -0.2) is 58.9 Å². The molecule has 0 saturated carbocycles. The molecule has 198 valence electrons. The summed E-state index contributed by atoms with van der Waals surface area (Å²) in [5.41, 5.74) is 1.09. The summed E-state index contributed by atoms with van der Waals surface area (Å²) >= 11 is 0. The Morgan fingerprint density at radius 3 is 2.06 bits per heavy atom. The number of benzene rings is 1.